The number of benzene rings is 3. The van der Waals surface area contributed by atoms with Gasteiger partial charge in [-0.1, -0.05) is 60.7 Å². The number of ketones is 1. The summed E-state index contributed by atoms with van der Waals surface area (Å²) in [5, 5.41) is 22.1. The van der Waals surface area contributed by atoms with Crippen molar-refractivity contribution in [2.45, 2.75) is 63.8 Å². The molecule has 0 spiro atoms. The van der Waals surface area contributed by atoms with Gasteiger partial charge in [-0.3, -0.25) is 14.5 Å². The van der Waals surface area contributed by atoms with Crippen LogP contribution in [-0.2, 0) is 27.3 Å². The average Bonchev–Trinajstić information content (AvgIpc) is 3.44. The Labute approximate surface area is 240 Å². The van der Waals surface area contributed by atoms with E-state index in [4.69, 9.17) is 9.47 Å². The van der Waals surface area contributed by atoms with Crippen LogP contribution in [0.15, 0.2) is 72.8 Å². The van der Waals surface area contributed by atoms with Crippen molar-refractivity contribution >= 4 is 17.4 Å². The fourth-order valence-corrected chi connectivity index (χ4v) is 5.64. The van der Waals surface area contributed by atoms with Crippen LogP contribution >= 0.6 is 0 Å². The van der Waals surface area contributed by atoms with E-state index in [0.29, 0.717) is 17.7 Å². The molecule has 5 rings (SSSR count). The molecule has 41 heavy (non-hydrogen) atoms. The number of nitrogens with one attached hydrogen (secondary N) is 1. The first kappa shape index (κ1) is 29.1. The van der Waals surface area contributed by atoms with Crippen molar-refractivity contribution in [3.8, 4) is 0 Å². The number of carbonyl (C=O) groups excluding carboxylic acids is 2. The second-order valence-electron chi connectivity index (χ2n) is 10.9. The minimum atomic E-state index is -0.580. The van der Waals surface area contributed by atoms with Crippen LogP contribution in [0.2, 0.25) is 0 Å². The van der Waals surface area contributed by atoms with E-state index in [0.717, 1.165) is 48.2 Å². The summed E-state index contributed by atoms with van der Waals surface area (Å²) in [5.41, 5.74) is 4.74. The molecule has 0 aromatic heterocycles. The number of aliphatic hydroxyl groups is 2. The van der Waals surface area contributed by atoms with Crippen LogP contribution in [0.1, 0.15) is 71.2 Å². The van der Waals surface area contributed by atoms with Crippen molar-refractivity contribution < 1.29 is 29.3 Å². The highest BCUT2D eigenvalue weighted by Crippen LogP contribution is 2.38. The van der Waals surface area contributed by atoms with Gasteiger partial charge in [0, 0.05) is 35.8 Å². The first-order valence-electron chi connectivity index (χ1n) is 14.3. The van der Waals surface area contributed by atoms with E-state index in [-0.39, 0.29) is 49.6 Å². The Kier molecular flexibility index (Phi) is 9.59. The lowest BCUT2D eigenvalue weighted by Crippen LogP contribution is -2.42. The Morgan fingerprint density at radius 1 is 0.951 bits per heavy atom. The molecule has 2 aliphatic rings. The zero-order valence-corrected chi connectivity index (χ0v) is 23.4. The molecular weight excluding hydrogens is 520 g/mol. The van der Waals surface area contributed by atoms with Gasteiger partial charge in [0.05, 0.1) is 31.8 Å². The van der Waals surface area contributed by atoms with Gasteiger partial charge in [0.15, 0.2) is 12.1 Å². The van der Waals surface area contributed by atoms with Gasteiger partial charge < -0.3 is 25.0 Å². The van der Waals surface area contributed by atoms with Gasteiger partial charge in [0.1, 0.15) is 0 Å². The highest BCUT2D eigenvalue weighted by atomic mass is 16.7. The first-order chi connectivity index (χ1) is 19.9. The van der Waals surface area contributed by atoms with E-state index >= 15 is 0 Å². The first-order valence-corrected chi connectivity index (χ1v) is 14.3. The number of Topliss-reactive ketones (excluding diaryl/α,β-unsaturated/α-hetero) is 1. The Morgan fingerprint density at radius 3 is 2.39 bits per heavy atom. The van der Waals surface area contributed by atoms with Gasteiger partial charge in [0.25, 0.3) is 0 Å². The number of anilines is 1. The fourth-order valence-electron chi connectivity index (χ4n) is 5.64. The van der Waals surface area contributed by atoms with Gasteiger partial charge in [0.2, 0.25) is 5.91 Å². The molecule has 3 aromatic rings. The quantitative estimate of drug-likeness (QED) is 0.313. The summed E-state index contributed by atoms with van der Waals surface area (Å²) in [6.45, 7) is 3.31. The van der Waals surface area contributed by atoms with Crippen LogP contribution in [0, 0.1) is 0 Å². The zero-order chi connectivity index (χ0) is 28.8. The zero-order valence-electron chi connectivity index (χ0n) is 23.4. The fraction of sp³-hybridized carbons (Fsp3) is 0.394. The number of hydrogen-bond donors (Lipinski definition) is 3. The molecule has 0 saturated carbocycles. The monoisotopic (exact) mass is 558 g/mol. The summed E-state index contributed by atoms with van der Waals surface area (Å²) >= 11 is 0. The van der Waals surface area contributed by atoms with Crippen LogP contribution in [0.4, 0.5) is 5.69 Å². The predicted molar refractivity (Wildman–Crippen MR) is 155 cm³/mol. The number of rotatable bonds is 10. The van der Waals surface area contributed by atoms with E-state index in [9.17, 15) is 19.8 Å². The van der Waals surface area contributed by atoms with E-state index in [1.54, 1.807) is 24.3 Å². The van der Waals surface area contributed by atoms with Gasteiger partial charge in [-0.25, -0.2) is 0 Å². The topological polar surface area (TPSA) is 108 Å². The Balaban J connectivity index is 1.27. The number of ether oxygens (including phenoxy) is 2. The number of hydrogen-bond acceptors (Lipinski definition) is 7. The summed E-state index contributed by atoms with van der Waals surface area (Å²) in [5.74, 6) is -0.219. The lowest BCUT2D eigenvalue weighted by molar-refractivity contribution is -0.253. The van der Waals surface area contributed by atoms with E-state index in [1.807, 2.05) is 48.5 Å². The minimum Gasteiger partial charge on any atom is -0.395 e. The van der Waals surface area contributed by atoms with Gasteiger partial charge >= 0.3 is 0 Å². The largest absolute Gasteiger partial charge is 0.395 e. The van der Waals surface area contributed by atoms with Crippen molar-refractivity contribution in [1.82, 2.24) is 4.90 Å². The molecule has 0 radical (unpaired) electrons. The number of likely N-dealkylation sites (tertiary alicyclic amines) is 1. The van der Waals surface area contributed by atoms with Crippen molar-refractivity contribution in [2.75, 3.05) is 25.0 Å². The minimum absolute atomic E-state index is 0.00710. The molecule has 3 aromatic carbocycles. The highest BCUT2D eigenvalue weighted by molar-refractivity contribution is 5.97. The lowest BCUT2D eigenvalue weighted by atomic mass is 9.99. The molecule has 1 amide bonds. The third-order valence-corrected chi connectivity index (χ3v) is 7.93. The molecular formula is C33H38N2O6. The Hall–Kier alpha value is -3.40. The third-order valence-electron chi connectivity index (χ3n) is 7.93. The molecule has 3 N–H and O–H groups in total. The number of carbonyl (C=O) groups is 2. The molecule has 2 saturated heterocycles. The Morgan fingerprint density at radius 2 is 1.68 bits per heavy atom. The molecule has 2 fully saturated rings. The highest BCUT2D eigenvalue weighted by Gasteiger charge is 2.35. The van der Waals surface area contributed by atoms with Crippen LogP contribution in [-0.4, -0.2) is 58.6 Å². The van der Waals surface area contributed by atoms with Crippen molar-refractivity contribution in [3.63, 3.8) is 0 Å². The molecule has 8 nitrogen and oxygen atoms in total. The van der Waals surface area contributed by atoms with Gasteiger partial charge in [-0.15, -0.1) is 0 Å². The van der Waals surface area contributed by atoms with Crippen LogP contribution in [0.25, 0.3) is 0 Å². The smallest absolute Gasteiger partial charge is 0.228 e. The third kappa shape index (κ3) is 7.47. The van der Waals surface area contributed by atoms with E-state index in [1.165, 1.54) is 6.92 Å². The molecule has 8 heteroatoms. The molecule has 2 heterocycles. The summed E-state index contributed by atoms with van der Waals surface area (Å²) in [7, 11) is 0. The van der Waals surface area contributed by atoms with Crippen molar-refractivity contribution in [2.24, 2.45) is 0 Å². The number of amides is 1. The van der Waals surface area contributed by atoms with Gasteiger partial charge in [-0.05, 0) is 55.1 Å². The average molecular weight is 559 g/mol. The Bertz CT molecular complexity index is 1330. The standard InChI is InChI=1S/C33H38N2O6/c1-22(38)27-4-2-5-28(17-27)34-32(39)16-23-7-13-26(14-8-23)33-40-30(19-35-15-3-6-29(35)21-37)18-31(41-33)25-11-9-24(20-36)10-12-25/h2,4-5,7-14,17,29-31,33,36-37H,3,6,15-16,18-21H2,1H3,(H,34,39). The van der Waals surface area contributed by atoms with E-state index < -0.39 is 6.29 Å². The molecule has 4 unspecified atom stereocenters. The lowest BCUT2D eigenvalue weighted by Gasteiger charge is -2.38. The molecule has 2 aliphatic heterocycles. The van der Waals surface area contributed by atoms with E-state index in [2.05, 4.69) is 10.2 Å². The van der Waals surface area contributed by atoms with Crippen molar-refractivity contribution in [3.05, 3.63) is 101 Å². The second kappa shape index (κ2) is 13.5. The molecule has 4 atom stereocenters. The maximum absolute atomic E-state index is 12.7. The van der Waals surface area contributed by atoms with Crippen LogP contribution < -0.4 is 5.32 Å². The molecule has 216 valence electrons. The van der Waals surface area contributed by atoms with Gasteiger partial charge in [-0.2, -0.15) is 0 Å². The summed E-state index contributed by atoms with van der Waals surface area (Å²) in [6.07, 6.45) is 2.10. The molecule has 0 aliphatic carbocycles. The second-order valence-corrected chi connectivity index (χ2v) is 10.9. The maximum atomic E-state index is 12.7. The SMILES string of the molecule is CC(=O)c1cccc(NC(=O)Cc2ccc(C3OC(CN4CCCC4CO)CC(c4ccc(CO)cc4)O3)cc2)c1. The normalized spacial score (nSPS) is 22.9. The van der Waals surface area contributed by atoms with Crippen molar-refractivity contribution in [1.29, 1.82) is 0 Å². The summed E-state index contributed by atoms with van der Waals surface area (Å²) in [6, 6.07) is 22.6. The maximum Gasteiger partial charge on any atom is 0.228 e. The number of nitrogens with zero attached hydrogens (tertiary/aromatic N) is 1. The summed E-state index contributed by atoms with van der Waals surface area (Å²) in [4.78, 5) is 26.6. The van der Waals surface area contributed by atoms with Crippen LogP contribution in [0.5, 0.6) is 0 Å². The predicted octanol–water partition coefficient (Wildman–Crippen LogP) is 4.56. The summed E-state index contributed by atoms with van der Waals surface area (Å²) < 4.78 is 12.9. The molecule has 0 bridgehead atoms. The number of aliphatic hydroxyl groups excluding tert-OH is 2. The van der Waals surface area contributed by atoms with Crippen LogP contribution in [0.3, 0.4) is 0 Å².